The summed E-state index contributed by atoms with van der Waals surface area (Å²) in [6.45, 7) is 2.03. The van der Waals surface area contributed by atoms with Crippen molar-refractivity contribution in [3.63, 3.8) is 0 Å². The van der Waals surface area contributed by atoms with E-state index in [4.69, 9.17) is 4.74 Å². The zero-order valence-electron chi connectivity index (χ0n) is 12.1. The Kier molecular flexibility index (Phi) is 4.21. The summed E-state index contributed by atoms with van der Waals surface area (Å²) in [4.78, 5) is 12.2. The van der Waals surface area contributed by atoms with Crippen molar-refractivity contribution < 1.29 is 9.53 Å². The van der Waals surface area contributed by atoms with Crippen molar-refractivity contribution in [2.24, 2.45) is 0 Å². The summed E-state index contributed by atoms with van der Waals surface area (Å²) in [5, 5.41) is 6.58. The van der Waals surface area contributed by atoms with Gasteiger partial charge in [-0.3, -0.25) is 4.79 Å². The van der Waals surface area contributed by atoms with E-state index in [0.29, 0.717) is 17.0 Å². The first kappa shape index (κ1) is 14.4. The number of benzene rings is 2. The first-order chi connectivity index (χ1) is 10.7. The molecule has 2 aromatic carbocycles. The number of ether oxygens (including phenoxy) is 1. The van der Waals surface area contributed by atoms with E-state index in [9.17, 15) is 4.79 Å². The van der Waals surface area contributed by atoms with Crippen LogP contribution < -0.4 is 10.1 Å². The number of nitrogens with one attached hydrogen (secondary N) is 1. The quantitative estimate of drug-likeness (QED) is 0.728. The van der Waals surface area contributed by atoms with E-state index in [2.05, 4.69) is 5.32 Å². The molecule has 0 aliphatic heterocycles. The summed E-state index contributed by atoms with van der Waals surface area (Å²) in [6.07, 6.45) is 0. The molecule has 3 aromatic rings. The minimum Gasteiger partial charge on any atom is -0.455 e. The topological polar surface area (TPSA) is 38.3 Å². The highest BCUT2D eigenvalue weighted by molar-refractivity contribution is 7.08. The first-order valence-electron chi connectivity index (χ1n) is 6.89. The number of para-hydroxylation sites is 2. The van der Waals surface area contributed by atoms with Gasteiger partial charge in [-0.2, -0.15) is 11.3 Å². The van der Waals surface area contributed by atoms with Gasteiger partial charge in [0.2, 0.25) is 0 Å². The van der Waals surface area contributed by atoms with Crippen molar-refractivity contribution in [1.82, 2.24) is 0 Å². The SMILES string of the molecule is Cc1ccc(Oc2ccccc2NC(=O)c2ccsc2)cc1. The Labute approximate surface area is 133 Å². The van der Waals surface area contributed by atoms with E-state index in [1.807, 2.05) is 66.2 Å². The highest BCUT2D eigenvalue weighted by Gasteiger charge is 2.10. The number of hydrogen-bond acceptors (Lipinski definition) is 3. The fraction of sp³-hybridized carbons (Fsp3) is 0.0556. The molecule has 0 saturated carbocycles. The summed E-state index contributed by atoms with van der Waals surface area (Å²) < 4.78 is 5.87. The van der Waals surface area contributed by atoms with Crippen LogP contribution >= 0.6 is 11.3 Å². The van der Waals surface area contributed by atoms with Gasteiger partial charge in [-0.15, -0.1) is 0 Å². The average molecular weight is 309 g/mol. The van der Waals surface area contributed by atoms with Gasteiger partial charge >= 0.3 is 0 Å². The van der Waals surface area contributed by atoms with Crippen LogP contribution in [0.25, 0.3) is 0 Å². The van der Waals surface area contributed by atoms with Crippen LogP contribution in [-0.4, -0.2) is 5.91 Å². The van der Waals surface area contributed by atoms with Gasteiger partial charge in [0.1, 0.15) is 5.75 Å². The van der Waals surface area contributed by atoms with Crippen molar-refractivity contribution in [3.05, 3.63) is 76.5 Å². The molecule has 1 amide bonds. The molecule has 3 rings (SSSR count). The number of carbonyl (C=O) groups is 1. The van der Waals surface area contributed by atoms with Crippen molar-refractivity contribution in [2.45, 2.75) is 6.92 Å². The van der Waals surface area contributed by atoms with E-state index in [-0.39, 0.29) is 5.91 Å². The maximum atomic E-state index is 12.2. The molecule has 0 fully saturated rings. The number of carbonyl (C=O) groups excluding carboxylic acids is 1. The van der Waals surface area contributed by atoms with Crippen LogP contribution in [0, 0.1) is 6.92 Å². The smallest absolute Gasteiger partial charge is 0.256 e. The molecule has 0 aliphatic carbocycles. The van der Waals surface area contributed by atoms with E-state index in [1.54, 1.807) is 6.07 Å². The summed E-state index contributed by atoms with van der Waals surface area (Å²) in [5.74, 6) is 1.22. The number of hydrogen-bond donors (Lipinski definition) is 1. The predicted molar refractivity (Wildman–Crippen MR) is 90.0 cm³/mol. The van der Waals surface area contributed by atoms with Crippen LogP contribution in [0.2, 0.25) is 0 Å². The maximum absolute atomic E-state index is 12.2. The second kappa shape index (κ2) is 6.45. The van der Waals surface area contributed by atoms with E-state index in [1.165, 1.54) is 16.9 Å². The van der Waals surface area contributed by atoms with Gasteiger partial charge in [-0.05, 0) is 42.6 Å². The Morgan fingerprint density at radius 3 is 2.55 bits per heavy atom. The fourth-order valence-electron chi connectivity index (χ4n) is 1.98. The van der Waals surface area contributed by atoms with Crippen molar-refractivity contribution >= 4 is 22.9 Å². The number of aryl methyl sites for hydroxylation is 1. The normalized spacial score (nSPS) is 10.2. The summed E-state index contributed by atoms with van der Waals surface area (Å²) in [6, 6.07) is 17.0. The molecular weight excluding hydrogens is 294 g/mol. The van der Waals surface area contributed by atoms with Gasteiger partial charge in [-0.1, -0.05) is 29.8 Å². The largest absolute Gasteiger partial charge is 0.455 e. The second-order valence-corrected chi connectivity index (χ2v) is 5.66. The number of amides is 1. The molecule has 0 unspecified atom stereocenters. The predicted octanol–water partition coefficient (Wildman–Crippen LogP) is 5.10. The van der Waals surface area contributed by atoms with Crippen molar-refractivity contribution in [3.8, 4) is 11.5 Å². The molecule has 0 radical (unpaired) electrons. The van der Waals surface area contributed by atoms with E-state index in [0.717, 1.165) is 5.75 Å². The molecule has 1 N–H and O–H groups in total. The zero-order chi connectivity index (χ0) is 15.4. The number of thiophene rings is 1. The average Bonchev–Trinajstić information content (AvgIpc) is 3.06. The molecule has 110 valence electrons. The first-order valence-corrected chi connectivity index (χ1v) is 7.84. The van der Waals surface area contributed by atoms with Gasteiger partial charge in [0, 0.05) is 5.38 Å². The summed E-state index contributed by atoms with van der Waals surface area (Å²) >= 11 is 1.49. The van der Waals surface area contributed by atoms with Crippen LogP contribution in [-0.2, 0) is 0 Å². The third-order valence-corrected chi connectivity index (χ3v) is 3.85. The minimum absolute atomic E-state index is 0.138. The van der Waals surface area contributed by atoms with Crippen molar-refractivity contribution in [2.75, 3.05) is 5.32 Å². The second-order valence-electron chi connectivity index (χ2n) is 4.88. The minimum atomic E-state index is -0.138. The molecular formula is C18H15NO2S. The maximum Gasteiger partial charge on any atom is 0.256 e. The third-order valence-electron chi connectivity index (χ3n) is 3.17. The van der Waals surface area contributed by atoms with Gasteiger partial charge < -0.3 is 10.1 Å². The molecule has 0 spiro atoms. The molecule has 3 nitrogen and oxygen atoms in total. The van der Waals surface area contributed by atoms with Crippen molar-refractivity contribution in [1.29, 1.82) is 0 Å². The van der Waals surface area contributed by atoms with Gasteiger partial charge in [0.25, 0.3) is 5.91 Å². The molecule has 0 aliphatic rings. The monoisotopic (exact) mass is 309 g/mol. The van der Waals surface area contributed by atoms with Gasteiger partial charge in [-0.25, -0.2) is 0 Å². The summed E-state index contributed by atoms with van der Waals surface area (Å²) in [5.41, 5.74) is 2.47. The van der Waals surface area contributed by atoms with Crippen LogP contribution in [0.1, 0.15) is 15.9 Å². The highest BCUT2D eigenvalue weighted by Crippen LogP contribution is 2.29. The lowest BCUT2D eigenvalue weighted by Crippen LogP contribution is -2.11. The highest BCUT2D eigenvalue weighted by atomic mass is 32.1. The van der Waals surface area contributed by atoms with E-state index < -0.39 is 0 Å². The molecule has 1 aromatic heterocycles. The molecule has 0 saturated heterocycles. The van der Waals surface area contributed by atoms with E-state index >= 15 is 0 Å². The zero-order valence-corrected chi connectivity index (χ0v) is 12.9. The van der Waals surface area contributed by atoms with Gasteiger partial charge in [0.05, 0.1) is 11.3 Å². The third kappa shape index (κ3) is 3.35. The fourth-order valence-corrected chi connectivity index (χ4v) is 2.62. The molecule has 22 heavy (non-hydrogen) atoms. The molecule has 1 heterocycles. The Morgan fingerprint density at radius 1 is 1.05 bits per heavy atom. The van der Waals surface area contributed by atoms with Crippen LogP contribution in [0.5, 0.6) is 11.5 Å². The lowest BCUT2D eigenvalue weighted by Gasteiger charge is -2.12. The summed E-state index contributed by atoms with van der Waals surface area (Å²) in [7, 11) is 0. The Hall–Kier alpha value is -2.59. The van der Waals surface area contributed by atoms with Gasteiger partial charge in [0.15, 0.2) is 5.75 Å². The molecule has 0 bridgehead atoms. The Bertz CT molecular complexity index is 764. The van der Waals surface area contributed by atoms with Crippen LogP contribution in [0.15, 0.2) is 65.4 Å². The van der Waals surface area contributed by atoms with Crippen LogP contribution in [0.4, 0.5) is 5.69 Å². The lowest BCUT2D eigenvalue weighted by atomic mass is 10.2. The number of rotatable bonds is 4. The number of anilines is 1. The Morgan fingerprint density at radius 2 is 1.82 bits per heavy atom. The standard InChI is InChI=1S/C18H15NO2S/c1-13-6-8-15(9-7-13)21-17-5-3-2-4-16(17)19-18(20)14-10-11-22-12-14/h2-12H,1H3,(H,19,20). The molecule has 0 atom stereocenters. The molecule has 4 heteroatoms. The Balaban J connectivity index is 1.80. The van der Waals surface area contributed by atoms with Crippen LogP contribution in [0.3, 0.4) is 0 Å². The lowest BCUT2D eigenvalue weighted by molar-refractivity contribution is 0.102.